The molecular weight excluding hydrogens is 268 g/mol. The third-order valence-corrected chi connectivity index (χ3v) is 3.79. The Kier molecular flexibility index (Phi) is 13.8. The van der Waals surface area contributed by atoms with E-state index in [1.807, 2.05) is 23.9 Å². The first-order chi connectivity index (χ1) is 9.68. The number of carboxylic acid groups (broad SMARTS) is 1. The molecule has 0 aliphatic carbocycles. The van der Waals surface area contributed by atoms with Crippen LogP contribution in [0.15, 0.2) is 30.0 Å². The molecule has 0 saturated heterocycles. The molecule has 0 aliphatic heterocycles. The fraction of sp³-hybridized carbons (Fsp3) is 0.647. The van der Waals surface area contributed by atoms with E-state index in [1.54, 1.807) is 6.92 Å². The number of rotatable bonds is 12. The zero-order valence-electron chi connectivity index (χ0n) is 12.8. The Balaban J connectivity index is 3.45. The second-order valence-electron chi connectivity index (χ2n) is 4.90. The van der Waals surface area contributed by atoms with Gasteiger partial charge in [0.05, 0.1) is 5.92 Å². The first-order valence-corrected chi connectivity index (χ1v) is 8.68. The fourth-order valence-electron chi connectivity index (χ4n) is 1.56. The highest BCUT2D eigenvalue weighted by Gasteiger charge is 2.08. The minimum Gasteiger partial charge on any atom is -0.481 e. The maximum Gasteiger partial charge on any atom is 0.306 e. The van der Waals surface area contributed by atoms with E-state index in [2.05, 4.69) is 24.8 Å². The maximum atomic E-state index is 10.6. The lowest BCUT2D eigenvalue weighted by Gasteiger charge is -2.00. The third kappa shape index (κ3) is 13.5. The smallest absolute Gasteiger partial charge is 0.306 e. The summed E-state index contributed by atoms with van der Waals surface area (Å²) in [6.45, 7) is 3.96. The Labute approximate surface area is 128 Å². The lowest BCUT2D eigenvalue weighted by Crippen LogP contribution is -2.08. The van der Waals surface area contributed by atoms with E-state index in [-0.39, 0.29) is 5.92 Å². The lowest BCUT2D eigenvalue weighted by molar-refractivity contribution is -0.141. The van der Waals surface area contributed by atoms with Crippen LogP contribution in [0.4, 0.5) is 0 Å². The van der Waals surface area contributed by atoms with E-state index in [0.29, 0.717) is 6.42 Å². The Hall–Kier alpha value is -0.920. The van der Waals surface area contributed by atoms with Crippen molar-refractivity contribution in [3.05, 3.63) is 30.0 Å². The summed E-state index contributed by atoms with van der Waals surface area (Å²) in [4.78, 5) is 10.6. The molecule has 0 fully saturated rings. The number of aliphatic carboxylic acids is 1. The summed E-state index contributed by atoms with van der Waals surface area (Å²) in [6, 6.07) is 0. The predicted octanol–water partition coefficient (Wildman–Crippen LogP) is 5.07. The Morgan fingerprint density at radius 3 is 2.70 bits per heavy atom. The van der Waals surface area contributed by atoms with Crippen LogP contribution in [0.1, 0.15) is 52.4 Å². The van der Waals surface area contributed by atoms with Crippen molar-refractivity contribution < 1.29 is 9.90 Å². The molecule has 2 nitrogen and oxygen atoms in total. The van der Waals surface area contributed by atoms with Crippen molar-refractivity contribution in [1.29, 1.82) is 0 Å². The molecular formula is C17H28O2S. The molecule has 114 valence electrons. The van der Waals surface area contributed by atoms with Crippen molar-refractivity contribution in [1.82, 2.24) is 0 Å². The number of unbranched alkanes of at least 4 members (excludes halogenated alkanes) is 3. The van der Waals surface area contributed by atoms with Gasteiger partial charge in [-0.25, -0.2) is 0 Å². The number of carboxylic acids is 1. The first kappa shape index (κ1) is 19.1. The van der Waals surface area contributed by atoms with Crippen LogP contribution >= 0.6 is 11.8 Å². The molecule has 0 aromatic rings. The molecule has 0 radical (unpaired) electrons. The van der Waals surface area contributed by atoms with E-state index in [4.69, 9.17) is 5.11 Å². The normalized spacial score (nSPS) is 12.1. The van der Waals surface area contributed by atoms with E-state index < -0.39 is 5.97 Å². The van der Waals surface area contributed by atoms with Crippen molar-refractivity contribution in [3.63, 3.8) is 0 Å². The minimum atomic E-state index is -0.719. The third-order valence-electron chi connectivity index (χ3n) is 2.96. The van der Waals surface area contributed by atoms with Gasteiger partial charge in [-0.15, -0.1) is 5.73 Å². The Morgan fingerprint density at radius 2 is 2.00 bits per heavy atom. The molecule has 0 amide bonds. The summed E-state index contributed by atoms with van der Waals surface area (Å²) in [6.07, 6.45) is 15.0. The van der Waals surface area contributed by atoms with Crippen LogP contribution in [0.25, 0.3) is 0 Å². The van der Waals surface area contributed by atoms with Crippen LogP contribution in [0.2, 0.25) is 0 Å². The van der Waals surface area contributed by atoms with Gasteiger partial charge in [-0.05, 0) is 37.8 Å². The minimum absolute atomic E-state index is 0.264. The molecule has 0 bridgehead atoms. The Morgan fingerprint density at radius 1 is 1.20 bits per heavy atom. The van der Waals surface area contributed by atoms with Gasteiger partial charge in [-0.1, -0.05) is 38.8 Å². The largest absolute Gasteiger partial charge is 0.481 e. The highest BCUT2D eigenvalue weighted by atomic mass is 32.2. The van der Waals surface area contributed by atoms with Crippen molar-refractivity contribution in [2.75, 3.05) is 11.5 Å². The molecule has 0 aromatic carbocycles. The first-order valence-electron chi connectivity index (χ1n) is 7.53. The molecule has 0 aliphatic rings. The van der Waals surface area contributed by atoms with E-state index in [0.717, 1.165) is 17.9 Å². The highest BCUT2D eigenvalue weighted by molar-refractivity contribution is 7.99. The van der Waals surface area contributed by atoms with Gasteiger partial charge in [-0.2, -0.15) is 11.8 Å². The van der Waals surface area contributed by atoms with Crippen LogP contribution < -0.4 is 0 Å². The number of hydrogen-bond donors (Lipinski definition) is 1. The second-order valence-corrected chi connectivity index (χ2v) is 5.97. The van der Waals surface area contributed by atoms with Gasteiger partial charge >= 0.3 is 5.97 Å². The summed E-state index contributed by atoms with van der Waals surface area (Å²) >= 11 is 1.87. The monoisotopic (exact) mass is 296 g/mol. The van der Waals surface area contributed by atoms with Crippen LogP contribution in [-0.2, 0) is 4.79 Å². The van der Waals surface area contributed by atoms with Gasteiger partial charge in [0.1, 0.15) is 0 Å². The molecule has 1 unspecified atom stereocenters. The van der Waals surface area contributed by atoms with E-state index >= 15 is 0 Å². The van der Waals surface area contributed by atoms with Crippen LogP contribution in [-0.4, -0.2) is 22.6 Å². The molecule has 20 heavy (non-hydrogen) atoms. The van der Waals surface area contributed by atoms with Crippen LogP contribution in [0.3, 0.4) is 0 Å². The average Bonchev–Trinajstić information content (AvgIpc) is 2.43. The number of thioether (sulfide) groups is 1. The van der Waals surface area contributed by atoms with Gasteiger partial charge in [0, 0.05) is 11.5 Å². The summed E-state index contributed by atoms with van der Waals surface area (Å²) in [7, 11) is 0. The number of allylic oxidation sites excluding steroid dienone is 1. The summed E-state index contributed by atoms with van der Waals surface area (Å²) < 4.78 is 0. The molecule has 0 spiro atoms. The molecule has 1 N–H and O–H groups in total. The van der Waals surface area contributed by atoms with Gasteiger partial charge in [0.25, 0.3) is 0 Å². The molecule has 0 heterocycles. The molecule has 1 atom stereocenters. The van der Waals surface area contributed by atoms with Gasteiger partial charge in [-0.3, -0.25) is 4.79 Å². The topological polar surface area (TPSA) is 37.3 Å². The van der Waals surface area contributed by atoms with Crippen molar-refractivity contribution in [2.24, 2.45) is 5.92 Å². The summed E-state index contributed by atoms with van der Waals surface area (Å²) in [5.74, 6) is 1.04. The van der Waals surface area contributed by atoms with Crippen LogP contribution in [0.5, 0.6) is 0 Å². The predicted molar refractivity (Wildman–Crippen MR) is 89.3 cm³/mol. The average molecular weight is 296 g/mol. The SMILES string of the molecule is CCCCC/C=C\CSCC=C=CCCC(C)C(=O)O. The second kappa shape index (κ2) is 14.5. The fourth-order valence-corrected chi connectivity index (χ4v) is 2.19. The summed E-state index contributed by atoms with van der Waals surface area (Å²) in [5.41, 5.74) is 3.11. The van der Waals surface area contributed by atoms with E-state index in [1.165, 1.54) is 25.7 Å². The number of carbonyl (C=O) groups is 1. The lowest BCUT2D eigenvalue weighted by atomic mass is 10.1. The highest BCUT2D eigenvalue weighted by Crippen LogP contribution is 2.06. The van der Waals surface area contributed by atoms with Crippen molar-refractivity contribution >= 4 is 17.7 Å². The summed E-state index contributed by atoms with van der Waals surface area (Å²) in [5, 5.41) is 8.72. The standard InChI is InChI=1S/C17H28O2S/c1-3-4-5-6-8-11-14-20-15-12-9-7-10-13-16(2)17(18)19/h7-8,11-12,16H,3-6,10,13-15H2,1-2H3,(H,18,19)/b11-8-. The molecule has 0 aromatic heterocycles. The van der Waals surface area contributed by atoms with Crippen LogP contribution in [0, 0.1) is 5.92 Å². The van der Waals surface area contributed by atoms with Gasteiger partial charge in [0.2, 0.25) is 0 Å². The number of hydrogen-bond acceptors (Lipinski definition) is 2. The molecule has 3 heteroatoms. The quantitative estimate of drug-likeness (QED) is 0.310. The van der Waals surface area contributed by atoms with Crippen molar-refractivity contribution in [2.45, 2.75) is 52.4 Å². The van der Waals surface area contributed by atoms with Gasteiger partial charge < -0.3 is 5.11 Å². The van der Waals surface area contributed by atoms with Crippen molar-refractivity contribution in [3.8, 4) is 0 Å². The molecule has 0 rings (SSSR count). The molecule has 0 saturated carbocycles. The van der Waals surface area contributed by atoms with E-state index in [9.17, 15) is 4.79 Å². The zero-order chi connectivity index (χ0) is 15.1. The Bertz CT molecular complexity index is 328. The van der Waals surface area contributed by atoms with Gasteiger partial charge in [0.15, 0.2) is 0 Å². The maximum absolute atomic E-state index is 10.6. The zero-order valence-corrected chi connectivity index (χ0v) is 13.6.